The number of methoxy groups -OCH3 is 1. The summed E-state index contributed by atoms with van der Waals surface area (Å²) in [5, 5.41) is 0. The quantitative estimate of drug-likeness (QED) is 0.647. The van der Waals surface area contributed by atoms with Crippen molar-refractivity contribution in [3.05, 3.63) is 84.4 Å². The molecule has 0 N–H and O–H groups in total. The van der Waals surface area contributed by atoms with Gasteiger partial charge in [0.15, 0.2) is 0 Å². The van der Waals surface area contributed by atoms with Gasteiger partial charge in [-0.2, -0.15) is 0 Å². The number of carbonyl (C=O) groups is 1. The van der Waals surface area contributed by atoms with Crippen LogP contribution in [0.15, 0.2) is 78.9 Å². The SMILES string of the molecule is COC(=O)c1cc(-c2ccccc2)ccc1-c1ccccc1. The van der Waals surface area contributed by atoms with Gasteiger partial charge in [0.05, 0.1) is 12.7 Å². The zero-order valence-corrected chi connectivity index (χ0v) is 12.3. The number of ether oxygens (including phenoxy) is 1. The molecule has 0 heterocycles. The first-order valence-corrected chi connectivity index (χ1v) is 7.13. The van der Waals surface area contributed by atoms with E-state index < -0.39 is 0 Å². The van der Waals surface area contributed by atoms with Gasteiger partial charge in [-0.25, -0.2) is 4.79 Å². The Morgan fingerprint density at radius 2 is 1.32 bits per heavy atom. The van der Waals surface area contributed by atoms with E-state index in [9.17, 15) is 4.79 Å². The smallest absolute Gasteiger partial charge is 0.338 e. The first-order valence-electron chi connectivity index (χ1n) is 7.13. The predicted octanol–water partition coefficient (Wildman–Crippen LogP) is 4.81. The van der Waals surface area contributed by atoms with E-state index in [0.717, 1.165) is 22.3 Å². The highest BCUT2D eigenvalue weighted by molar-refractivity contribution is 5.98. The first-order chi connectivity index (χ1) is 10.8. The fourth-order valence-corrected chi connectivity index (χ4v) is 2.50. The zero-order valence-electron chi connectivity index (χ0n) is 12.3. The molecule has 0 radical (unpaired) electrons. The third-order valence-corrected chi connectivity index (χ3v) is 3.62. The van der Waals surface area contributed by atoms with Crippen molar-refractivity contribution in [2.45, 2.75) is 0 Å². The van der Waals surface area contributed by atoms with Crippen molar-refractivity contribution >= 4 is 5.97 Å². The summed E-state index contributed by atoms with van der Waals surface area (Å²) in [5.41, 5.74) is 4.54. The van der Waals surface area contributed by atoms with Gasteiger partial charge in [-0.15, -0.1) is 0 Å². The lowest BCUT2D eigenvalue weighted by Crippen LogP contribution is -2.04. The van der Waals surface area contributed by atoms with Crippen LogP contribution in [-0.4, -0.2) is 13.1 Å². The molecule has 0 aromatic heterocycles. The van der Waals surface area contributed by atoms with E-state index in [1.54, 1.807) is 0 Å². The van der Waals surface area contributed by atoms with Crippen LogP contribution < -0.4 is 0 Å². The number of hydrogen-bond donors (Lipinski definition) is 0. The highest BCUT2D eigenvalue weighted by Gasteiger charge is 2.14. The maximum absolute atomic E-state index is 12.2. The van der Waals surface area contributed by atoms with E-state index in [4.69, 9.17) is 4.74 Å². The summed E-state index contributed by atoms with van der Waals surface area (Å²) in [4.78, 5) is 12.2. The monoisotopic (exact) mass is 288 g/mol. The van der Waals surface area contributed by atoms with Crippen LogP contribution in [0, 0.1) is 0 Å². The largest absolute Gasteiger partial charge is 0.465 e. The van der Waals surface area contributed by atoms with E-state index in [-0.39, 0.29) is 5.97 Å². The number of hydrogen-bond acceptors (Lipinski definition) is 2. The predicted molar refractivity (Wildman–Crippen MR) is 88.7 cm³/mol. The summed E-state index contributed by atoms with van der Waals surface area (Å²) in [6.45, 7) is 0. The van der Waals surface area contributed by atoms with E-state index in [1.165, 1.54) is 7.11 Å². The Morgan fingerprint density at radius 1 is 0.727 bits per heavy atom. The Bertz CT molecular complexity index is 777. The summed E-state index contributed by atoms with van der Waals surface area (Å²) in [6.07, 6.45) is 0. The summed E-state index contributed by atoms with van der Waals surface area (Å²) >= 11 is 0. The number of benzene rings is 3. The van der Waals surface area contributed by atoms with Crippen molar-refractivity contribution in [2.75, 3.05) is 7.11 Å². The molecular formula is C20H16O2. The van der Waals surface area contributed by atoms with Crippen molar-refractivity contribution in [3.63, 3.8) is 0 Å². The highest BCUT2D eigenvalue weighted by atomic mass is 16.5. The third kappa shape index (κ3) is 2.77. The van der Waals surface area contributed by atoms with Crippen LogP contribution >= 0.6 is 0 Å². The summed E-state index contributed by atoms with van der Waals surface area (Å²) in [7, 11) is 1.41. The topological polar surface area (TPSA) is 26.3 Å². The minimum Gasteiger partial charge on any atom is -0.465 e. The summed E-state index contributed by atoms with van der Waals surface area (Å²) in [6, 6.07) is 25.8. The average Bonchev–Trinajstić information content (AvgIpc) is 2.62. The molecule has 2 heteroatoms. The molecule has 22 heavy (non-hydrogen) atoms. The van der Waals surface area contributed by atoms with Crippen LogP contribution in [0.3, 0.4) is 0 Å². The second-order valence-electron chi connectivity index (χ2n) is 4.98. The van der Waals surface area contributed by atoms with Crippen molar-refractivity contribution in [3.8, 4) is 22.3 Å². The maximum Gasteiger partial charge on any atom is 0.338 e. The molecule has 3 aromatic carbocycles. The van der Waals surface area contributed by atoms with Gasteiger partial charge in [0.1, 0.15) is 0 Å². The molecular weight excluding hydrogens is 272 g/mol. The molecule has 0 aliphatic heterocycles. The van der Waals surface area contributed by atoms with Gasteiger partial charge in [-0.3, -0.25) is 0 Å². The van der Waals surface area contributed by atoms with Gasteiger partial charge in [-0.05, 0) is 28.3 Å². The fraction of sp³-hybridized carbons (Fsp3) is 0.0500. The van der Waals surface area contributed by atoms with Crippen LogP contribution in [0.25, 0.3) is 22.3 Å². The van der Waals surface area contributed by atoms with Crippen LogP contribution in [0.5, 0.6) is 0 Å². The molecule has 0 saturated heterocycles. The van der Waals surface area contributed by atoms with Gasteiger partial charge < -0.3 is 4.74 Å². The lowest BCUT2D eigenvalue weighted by atomic mass is 9.95. The van der Waals surface area contributed by atoms with Crippen molar-refractivity contribution in [1.29, 1.82) is 0 Å². The van der Waals surface area contributed by atoms with Gasteiger partial charge in [0.2, 0.25) is 0 Å². The van der Waals surface area contributed by atoms with Crippen LogP contribution in [0.4, 0.5) is 0 Å². The highest BCUT2D eigenvalue weighted by Crippen LogP contribution is 2.29. The van der Waals surface area contributed by atoms with Crippen LogP contribution in [0.1, 0.15) is 10.4 Å². The summed E-state index contributed by atoms with van der Waals surface area (Å²) < 4.78 is 4.95. The lowest BCUT2D eigenvalue weighted by Gasteiger charge is -2.11. The Balaban J connectivity index is 2.14. The second-order valence-corrected chi connectivity index (χ2v) is 4.98. The molecule has 0 unspecified atom stereocenters. The third-order valence-electron chi connectivity index (χ3n) is 3.62. The molecule has 3 rings (SSSR count). The van der Waals surface area contributed by atoms with E-state index >= 15 is 0 Å². The van der Waals surface area contributed by atoms with Crippen molar-refractivity contribution in [2.24, 2.45) is 0 Å². The van der Waals surface area contributed by atoms with Crippen molar-refractivity contribution in [1.82, 2.24) is 0 Å². The molecule has 108 valence electrons. The minimum atomic E-state index is -0.323. The van der Waals surface area contributed by atoms with E-state index in [1.807, 2.05) is 78.9 Å². The van der Waals surface area contributed by atoms with Crippen LogP contribution in [0.2, 0.25) is 0 Å². The molecule has 0 aliphatic carbocycles. The van der Waals surface area contributed by atoms with Crippen LogP contribution in [-0.2, 0) is 4.74 Å². The zero-order chi connectivity index (χ0) is 15.4. The molecule has 0 aliphatic rings. The van der Waals surface area contributed by atoms with Gasteiger partial charge >= 0.3 is 5.97 Å². The molecule has 0 amide bonds. The Morgan fingerprint density at radius 3 is 1.91 bits per heavy atom. The van der Waals surface area contributed by atoms with Gasteiger partial charge in [0, 0.05) is 0 Å². The molecule has 0 bridgehead atoms. The summed E-state index contributed by atoms with van der Waals surface area (Å²) in [5.74, 6) is -0.323. The molecule has 0 atom stereocenters. The number of carbonyl (C=O) groups excluding carboxylic acids is 1. The average molecular weight is 288 g/mol. The second kappa shape index (κ2) is 6.27. The van der Waals surface area contributed by atoms with E-state index in [2.05, 4.69) is 0 Å². The molecule has 0 spiro atoms. The molecule has 0 saturated carbocycles. The van der Waals surface area contributed by atoms with Crippen molar-refractivity contribution < 1.29 is 9.53 Å². The molecule has 3 aromatic rings. The number of rotatable bonds is 3. The Labute approximate surface area is 130 Å². The normalized spacial score (nSPS) is 10.2. The standard InChI is InChI=1S/C20H16O2/c1-22-20(21)19-14-17(15-8-4-2-5-9-15)12-13-18(19)16-10-6-3-7-11-16/h2-14H,1H3. The lowest BCUT2D eigenvalue weighted by molar-refractivity contribution is 0.0601. The van der Waals surface area contributed by atoms with Gasteiger partial charge in [-0.1, -0.05) is 72.8 Å². The molecule has 0 fully saturated rings. The minimum absolute atomic E-state index is 0.323. The Hall–Kier alpha value is -2.87. The first kappa shape index (κ1) is 14.1. The molecule has 2 nitrogen and oxygen atoms in total. The Kier molecular flexibility index (Phi) is 4.01. The van der Waals surface area contributed by atoms with Gasteiger partial charge in [0.25, 0.3) is 0 Å². The fourth-order valence-electron chi connectivity index (χ4n) is 2.50. The number of esters is 1. The van der Waals surface area contributed by atoms with E-state index in [0.29, 0.717) is 5.56 Å². The maximum atomic E-state index is 12.2.